The number of phenols is 1. The summed E-state index contributed by atoms with van der Waals surface area (Å²) in [7, 11) is 4.95. The Kier molecular flexibility index (Phi) is 5.00. The molecule has 1 aromatic carbocycles. The number of primary amides is 1. The summed E-state index contributed by atoms with van der Waals surface area (Å²) in [6.45, 7) is 1.42. The Balaban J connectivity index is 2.07. The van der Waals surface area contributed by atoms with E-state index in [1.807, 2.05) is 0 Å². The molecule has 11 heteroatoms. The molecule has 1 saturated carbocycles. The highest BCUT2D eigenvalue weighted by Gasteiger charge is 2.63. The van der Waals surface area contributed by atoms with Crippen molar-refractivity contribution in [2.75, 3.05) is 31.4 Å². The van der Waals surface area contributed by atoms with Crippen LogP contribution in [-0.2, 0) is 20.0 Å². The minimum absolute atomic E-state index is 0.165. The van der Waals surface area contributed by atoms with E-state index in [9.17, 15) is 39.9 Å². The SMILES string of the molecule is CNc1cc(N(C)C)c2c(c1O)C(O)=C1C(=O)[C@]3(O)C(O)=C(C(N)=O)C(=O)C[C@@H]3C[C@@H]1[C@]2(C)O. The van der Waals surface area contributed by atoms with Crippen LogP contribution in [0.25, 0.3) is 5.76 Å². The number of Topliss-reactive ketones (excluding diaryl/α,β-unsaturated/α-hetero) is 2. The van der Waals surface area contributed by atoms with E-state index in [0.29, 0.717) is 5.69 Å². The first-order valence-corrected chi connectivity index (χ1v) is 10.7. The van der Waals surface area contributed by atoms with E-state index < -0.39 is 75.3 Å². The summed E-state index contributed by atoms with van der Waals surface area (Å²) in [6.07, 6.45) is -0.653. The lowest BCUT2D eigenvalue weighted by atomic mass is 9.55. The van der Waals surface area contributed by atoms with Gasteiger partial charge in [-0.1, -0.05) is 0 Å². The highest BCUT2D eigenvalue weighted by Crippen LogP contribution is 2.59. The number of hydrogen-bond acceptors (Lipinski definition) is 10. The van der Waals surface area contributed by atoms with Gasteiger partial charge in [0.2, 0.25) is 5.78 Å². The number of anilines is 2. The van der Waals surface area contributed by atoms with Crippen LogP contribution in [-0.4, -0.2) is 69.8 Å². The maximum absolute atomic E-state index is 13.6. The van der Waals surface area contributed by atoms with Crippen molar-refractivity contribution in [2.45, 2.75) is 31.0 Å². The summed E-state index contributed by atoms with van der Waals surface area (Å²) in [5.41, 5.74) is 0.000220. The van der Waals surface area contributed by atoms with Gasteiger partial charge in [0.15, 0.2) is 11.4 Å². The number of aliphatic hydroxyl groups excluding tert-OH is 2. The van der Waals surface area contributed by atoms with E-state index in [0.717, 1.165) is 0 Å². The molecule has 11 nitrogen and oxygen atoms in total. The minimum Gasteiger partial charge on any atom is -0.508 e. The maximum atomic E-state index is 13.6. The fourth-order valence-corrected chi connectivity index (χ4v) is 5.59. The molecule has 0 radical (unpaired) electrons. The van der Waals surface area contributed by atoms with Crippen LogP contribution in [0.5, 0.6) is 5.75 Å². The first kappa shape index (κ1) is 23.6. The second-order valence-corrected chi connectivity index (χ2v) is 9.39. The molecule has 4 rings (SSSR count). The number of rotatable bonds is 3. The second-order valence-electron chi connectivity index (χ2n) is 9.39. The predicted octanol–water partition coefficient (Wildman–Crippen LogP) is 0.197. The highest BCUT2D eigenvalue weighted by atomic mass is 16.3. The number of aromatic hydroxyl groups is 1. The van der Waals surface area contributed by atoms with Crippen LogP contribution in [0.15, 0.2) is 23.0 Å². The third-order valence-corrected chi connectivity index (χ3v) is 7.31. The highest BCUT2D eigenvalue weighted by molar-refractivity contribution is 6.22. The van der Waals surface area contributed by atoms with Crippen molar-refractivity contribution in [3.05, 3.63) is 34.1 Å². The number of nitrogens with one attached hydrogen (secondary N) is 1. The molecule has 0 spiro atoms. The van der Waals surface area contributed by atoms with Gasteiger partial charge in [-0.15, -0.1) is 0 Å². The van der Waals surface area contributed by atoms with Crippen LogP contribution in [0.3, 0.4) is 0 Å². The van der Waals surface area contributed by atoms with Crippen LogP contribution < -0.4 is 16.0 Å². The zero-order valence-electron chi connectivity index (χ0n) is 19.1. The molecule has 1 aromatic rings. The van der Waals surface area contributed by atoms with E-state index >= 15 is 0 Å². The third kappa shape index (κ3) is 2.74. The molecule has 0 aromatic heterocycles. The van der Waals surface area contributed by atoms with Crippen LogP contribution in [0.2, 0.25) is 0 Å². The van der Waals surface area contributed by atoms with Crippen LogP contribution in [0.1, 0.15) is 30.9 Å². The van der Waals surface area contributed by atoms with Gasteiger partial charge < -0.3 is 41.5 Å². The summed E-state index contributed by atoms with van der Waals surface area (Å²) in [6, 6.07) is 1.58. The number of fused-ring (bicyclic) bond motifs is 3. The molecule has 4 atom stereocenters. The van der Waals surface area contributed by atoms with Crippen LogP contribution >= 0.6 is 0 Å². The van der Waals surface area contributed by atoms with Gasteiger partial charge in [-0.05, 0) is 19.4 Å². The first-order valence-electron chi connectivity index (χ1n) is 10.7. The normalized spacial score (nSPS) is 30.5. The van der Waals surface area contributed by atoms with Gasteiger partial charge in [-0.3, -0.25) is 14.4 Å². The van der Waals surface area contributed by atoms with Gasteiger partial charge in [0.1, 0.15) is 22.8 Å². The lowest BCUT2D eigenvalue weighted by molar-refractivity contribution is -0.152. The van der Waals surface area contributed by atoms with Crippen molar-refractivity contribution in [1.29, 1.82) is 0 Å². The van der Waals surface area contributed by atoms with Crippen LogP contribution in [0, 0.1) is 11.8 Å². The number of ketones is 2. The molecule has 0 saturated heterocycles. The molecule has 1 amide bonds. The Bertz CT molecular complexity index is 1230. The Morgan fingerprint density at radius 2 is 1.82 bits per heavy atom. The number of aliphatic hydroxyl groups is 4. The van der Waals surface area contributed by atoms with Crippen molar-refractivity contribution >= 4 is 34.6 Å². The molecule has 0 bridgehead atoms. The molecule has 8 N–H and O–H groups in total. The van der Waals surface area contributed by atoms with Gasteiger partial charge in [0, 0.05) is 56.2 Å². The van der Waals surface area contributed by atoms with Gasteiger partial charge in [0.25, 0.3) is 5.91 Å². The average Bonchev–Trinajstić information content (AvgIpc) is 2.73. The third-order valence-electron chi connectivity index (χ3n) is 7.31. The van der Waals surface area contributed by atoms with Crippen molar-refractivity contribution in [1.82, 2.24) is 0 Å². The largest absolute Gasteiger partial charge is 0.508 e. The van der Waals surface area contributed by atoms with Gasteiger partial charge in [-0.25, -0.2) is 0 Å². The lowest BCUT2D eigenvalue weighted by Gasteiger charge is -2.50. The molecule has 3 aliphatic carbocycles. The zero-order valence-corrected chi connectivity index (χ0v) is 19.1. The fraction of sp³-hybridized carbons (Fsp3) is 0.435. The lowest BCUT2D eigenvalue weighted by Crippen LogP contribution is -2.60. The zero-order chi connectivity index (χ0) is 25.5. The molecule has 182 valence electrons. The van der Waals surface area contributed by atoms with Crippen LogP contribution in [0.4, 0.5) is 11.4 Å². The number of amides is 1. The first-order chi connectivity index (χ1) is 15.7. The Morgan fingerprint density at radius 1 is 1.21 bits per heavy atom. The summed E-state index contributed by atoms with van der Waals surface area (Å²) < 4.78 is 0. The number of benzene rings is 1. The molecular weight excluding hydrogens is 446 g/mol. The number of hydrogen-bond donors (Lipinski definition) is 7. The Labute approximate surface area is 194 Å². The van der Waals surface area contributed by atoms with Crippen molar-refractivity contribution in [3.8, 4) is 5.75 Å². The van der Waals surface area contributed by atoms with Crippen molar-refractivity contribution < 1.29 is 39.9 Å². The summed E-state index contributed by atoms with van der Waals surface area (Å²) in [5.74, 6) is -7.85. The van der Waals surface area contributed by atoms with E-state index in [4.69, 9.17) is 5.73 Å². The van der Waals surface area contributed by atoms with E-state index in [2.05, 4.69) is 5.32 Å². The molecule has 0 heterocycles. The number of carbonyl (C=O) groups is 3. The monoisotopic (exact) mass is 473 g/mol. The minimum atomic E-state index is -2.70. The van der Waals surface area contributed by atoms with Crippen molar-refractivity contribution in [3.63, 3.8) is 0 Å². The topological polar surface area (TPSA) is 194 Å². The van der Waals surface area contributed by atoms with E-state index in [1.165, 1.54) is 6.92 Å². The fourth-order valence-electron chi connectivity index (χ4n) is 5.59. The van der Waals surface area contributed by atoms with E-state index in [1.54, 1.807) is 32.1 Å². The Morgan fingerprint density at radius 3 is 2.35 bits per heavy atom. The maximum Gasteiger partial charge on any atom is 0.255 e. The second kappa shape index (κ2) is 7.21. The predicted molar refractivity (Wildman–Crippen MR) is 121 cm³/mol. The van der Waals surface area contributed by atoms with Gasteiger partial charge in [0.05, 0.1) is 16.9 Å². The van der Waals surface area contributed by atoms with Gasteiger partial charge >= 0.3 is 0 Å². The van der Waals surface area contributed by atoms with E-state index in [-0.39, 0.29) is 23.2 Å². The summed E-state index contributed by atoms with van der Waals surface area (Å²) in [4.78, 5) is 39.5. The molecular formula is C23H27N3O8. The van der Waals surface area contributed by atoms with Gasteiger partial charge in [-0.2, -0.15) is 0 Å². The number of nitrogens with two attached hydrogens (primary N) is 1. The smallest absolute Gasteiger partial charge is 0.255 e. The van der Waals surface area contributed by atoms with Crippen molar-refractivity contribution in [2.24, 2.45) is 17.6 Å². The quantitative estimate of drug-likeness (QED) is 0.235. The molecule has 34 heavy (non-hydrogen) atoms. The molecule has 3 aliphatic rings. The molecule has 1 fully saturated rings. The standard InChI is InChI=1S/C23H27N3O8/c1-22(33)9-5-8-6-12(27)14(21(24)32)20(31)23(8,34)19(30)13(9)18(29)15-16(22)11(26(3)4)7-10(25-2)17(15)28/h7-9,25,28-29,31,33-34H,5-6H2,1-4H3,(H2,24,32)/t8-,9-,22-,23-/m0/s1. The Hall–Kier alpha value is -3.57. The number of nitrogens with zero attached hydrogens (tertiary/aromatic N) is 1. The molecule has 0 unspecified atom stereocenters. The number of carbonyl (C=O) groups excluding carboxylic acids is 3. The summed E-state index contributed by atoms with van der Waals surface area (Å²) in [5, 5.41) is 58.7. The average molecular weight is 473 g/mol. The summed E-state index contributed by atoms with van der Waals surface area (Å²) >= 11 is 0. The molecule has 0 aliphatic heterocycles. The number of phenolic OH excluding ortho intramolecular Hbond substituents is 1.